The number of esters is 1. The van der Waals surface area contributed by atoms with E-state index in [1.165, 1.54) is 18.7 Å². The van der Waals surface area contributed by atoms with Gasteiger partial charge in [-0.15, -0.1) is 24.9 Å². The van der Waals surface area contributed by atoms with E-state index < -0.39 is 17.5 Å². The van der Waals surface area contributed by atoms with E-state index >= 15 is 0 Å². The third-order valence-corrected chi connectivity index (χ3v) is 3.64. The van der Waals surface area contributed by atoms with Crippen LogP contribution in [0, 0.1) is 0 Å². The molecule has 0 saturated carbocycles. The van der Waals surface area contributed by atoms with Crippen LogP contribution in [-0.2, 0) is 23.8 Å². The molecule has 1 fully saturated rings. The molecule has 1 unspecified atom stereocenters. The Morgan fingerprint density at radius 2 is 2.05 bits per heavy atom. The topological polar surface area (TPSA) is 61.8 Å². The van der Waals surface area contributed by atoms with E-state index in [0.717, 1.165) is 0 Å². The van der Waals surface area contributed by atoms with Gasteiger partial charge in [0, 0.05) is 6.92 Å². The SMILES string of the molecule is C=CCOC[C@H]1SC(OC(C)=O)C(=O)[C@@H]1OCC=C. The summed E-state index contributed by atoms with van der Waals surface area (Å²) in [5.74, 6) is -0.727. The summed E-state index contributed by atoms with van der Waals surface area (Å²) in [6.45, 7) is 9.37. The molecule has 1 heterocycles. The zero-order chi connectivity index (χ0) is 14.3. The Balaban J connectivity index is 2.63. The lowest BCUT2D eigenvalue weighted by atomic mass is 10.2. The molecule has 1 saturated heterocycles. The summed E-state index contributed by atoms with van der Waals surface area (Å²) in [6.07, 6.45) is 2.56. The van der Waals surface area contributed by atoms with Gasteiger partial charge in [0.05, 0.1) is 25.1 Å². The van der Waals surface area contributed by atoms with E-state index in [2.05, 4.69) is 13.2 Å². The maximum Gasteiger partial charge on any atom is 0.304 e. The Morgan fingerprint density at radius 3 is 2.63 bits per heavy atom. The van der Waals surface area contributed by atoms with Crippen LogP contribution in [0.4, 0.5) is 0 Å². The van der Waals surface area contributed by atoms with Gasteiger partial charge < -0.3 is 14.2 Å². The van der Waals surface area contributed by atoms with Crippen LogP contribution in [0.2, 0.25) is 0 Å². The largest absolute Gasteiger partial charge is 0.443 e. The Hall–Kier alpha value is -1.11. The van der Waals surface area contributed by atoms with Crippen molar-refractivity contribution in [3.63, 3.8) is 0 Å². The Bertz CT molecular complexity index is 355. The van der Waals surface area contributed by atoms with Gasteiger partial charge in [-0.1, -0.05) is 12.2 Å². The fraction of sp³-hybridized carbons (Fsp3) is 0.538. The van der Waals surface area contributed by atoms with Crippen molar-refractivity contribution < 1.29 is 23.8 Å². The third-order valence-electron chi connectivity index (χ3n) is 2.33. The Labute approximate surface area is 117 Å². The molecule has 0 N–H and O–H groups in total. The predicted molar refractivity (Wildman–Crippen MR) is 72.9 cm³/mol. The zero-order valence-corrected chi connectivity index (χ0v) is 11.7. The van der Waals surface area contributed by atoms with E-state index in [1.54, 1.807) is 12.2 Å². The van der Waals surface area contributed by atoms with Gasteiger partial charge in [0.15, 0.2) is 0 Å². The quantitative estimate of drug-likeness (QED) is 0.381. The second-order valence-electron chi connectivity index (χ2n) is 3.89. The number of hydrogen-bond acceptors (Lipinski definition) is 6. The highest BCUT2D eigenvalue weighted by Gasteiger charge is 2.45. The molecule has 0 aromatic heterocycles. The highest BCUT2D eigenvalue weighted by atomic mass is 32.2. The zero-order valence-electron chi connectivity index (χ0n) is 10.9. The van der Waals surface area contributed by atoms with E-state index in [1.807, 2.05) is 0 Å². The van der Waals surface area contributed by atoms with Gasteiger partial charge in [0.1, 0.15) is 6.10 Å². The minimum Gasteiger partial charge on any atom is -0.443 e. The number of ether oxygens (including phenoxy) is 3. The number of Topliss-reactive ketones (excluding diaryl/α,β-unsaturated/α-hetero) is 1. The normalized spacial score (nSPS) is 26.2. The summed E-state index contributed by atoms with van der Waals surface area (Å²) < 4.78 is 15.7. The standard InChI is InChI=1S/C13H18O5S/c1-4-6-16-8-10-12(17-7-5-2)11(15)13(19-10)18-9(3)14/h4-5,10,12-13H,1-2,6-8H2,3H3/t10-,12-,13?/m1/s1. The number of hydrogen-bond donors (Lipinski definition) is 0. The lowest BCUT2D eigenvalue weighted by Crippen LogP contribution is -2.34. The van der Waals surface area contributed by atoms with Crippen molar-refractivity contribution in [3.8, 4) is 0 Å². The number of carbonyl (C=O) groups is 2. The number of thioether (sulfide) groups is 1. The molecule has 0 aliphatic carbocycles. The Morgan fingerprint density at radius 1 is 1.37 bits per heavy atom. The second-order valence-corrected chi connectivity index (χ2v) is 5.19. The predicted octanol–water partition coefficient (Wildman–Crippen LogP) is 1.33. The first-order chi connectivity index (χ1) is 9.10. The maximum atomic E-state index is 12.1. The van der Waals surface area contributed by atoms with E-state index in [4.69, 9.17) is 14.2 Å². The van der Waals surface area contributed by atoms with Crippen LogP contribution in [0.3, 0.4) is 0 Å². The van der Waals surface area contributed by atoms with Crippen LogP contribution in [0.15, 0.2) is 25.3 Å². The molecule has 0 radical (unpaired) electrons. The third kappa shape index (κ3) is 4.81. The average molecular weight is 286 g/mol. The molecule has 5 nitrogen and oxygen atoms in total. The molecular weight excluding hydrogens is 268 g/mol. The van der Waals surface area contributed by atoms with Crippen molar-refractivity contribution in [2.45, 2.75) is 23.7 Å². The summed E-state index contributed by atoms with van der Waals surface area (Å²) in [4.78, 5) is 23.0. The monoisotopic (exact) mass is 286 g/mol. The van der Waals surface area contributed by atoms with E-state index in [-0.39, 0.29) is 17.6 Å². The molecule has 0 aromatic rings. The maximum absolute atomic E-state index is 12.1. The van der Waals surface area contributed by atoms with Crippen LogP contribution in [0.25, 0.3) is 0 Å². The van der Waals surface area contributed by atoms with E-state index in [0.29, 0.717) is 13.2 Å². The van der Waals surface area contributed by atoms with Crippen LogP contribution < -0.4 is 0 Å². The Kier molecular flexibility index (Phi) is 6.83. The molecule has 0 bridgehead atoms. The number of carbonyl (C=O) groups excluding carboxylic acids is 2. The van der Waals surface area contributed by atoms with Crippen LogP contribution in [0.1, 0.15) is 6.92 Å². The van der Waals surface area contributed by atoms with Crippen molar-refractivity contribution in [2.24, 2.45) is 0 Å². The van der Waals surface area contributed by atoms with E-state index in [9.17, 15) is 9.59 Å². The highest BCUT2D eigenvalue weighted by molar-refractivity contribution is 8.01. The minimum absolute atomic E-state index is 0.197. The summed E-state index contributed by atoms with van der Waals surface area (Å²) in [5.41, 5.74) is -0.815. The molecule has 1 rings (SSSR count). The minimum atomic E-state index is -0.815. The van der Waals surface area contributed by atoms with Gasteiger partial charge in [0.2, 0.25) is 11.2 Å². The second kappa shape index (κ2) is 8.14. The summed E-state index contributed by atoms with van der Waals surface area (Å²) in [5, 5.41) is -0.197. The lowest BCUT2D eigenvalue weighted by Gasteiger charge is -2.16. The first-order valence-corrected chi connectivity index (χ1v) is 6.82. The van der Waals surface area contributed by atoms with Gasteiger partial charge in [-0.05, 0) is 0 Å². The van der Waals surface area contributed by atoms with Crippen LogP contribution in [-0.4, -0.2) is 48.4 Å². The first-order valence-electron chi connectivity index (χ1n) is 5.87. The van der Waals surface area contributed by atoms with Crippen molar-refractivity contribution in [1.29, 1.82) is 0 Å². The molecule has 19 heavy (non-hydrogen) atoms. The van der Waals surface area contributed by atoms with Crippen LogP contribution in [0.5, 0.6) is 0 Å². The molecular formula is C13H18O5S. The highest BCUT2D eigenvalue weighted by Crippen LogP contribution is 2.34. The molecule has 106 valence electrons. The molecule has 3 atom stereocenters. The number of ketones is 1. The van der Waals surface area contributed by atoms with Crippen LogP contribution >= 0.6 is 11.8 Å². The van der Waals surface area contributed by atoms with Gasteiger partial charge in [-0.25, -0.2) is 0 Å². The average Bonchev–Trinajstić information content (AvgIpc) is 2.64. The number of rotatable bonds is 8. The van der Waals surface area contributed by atoms with Gasteiger partial charge in [-0.2, -0.15) is 0 Å². The smallest absolute Gasteiger partial charge is 0.304 e. The van der Waals surface area contributed by atoms with Crippen molar-refractivity contribution >= 4 is 23.5 Å². The van der Waals surface area contributed by atoms with Crippen molar-refractivity contribution in [1.82, 2.24) is 0 Å². The molecule has 6 heteroatoms. The fourth-order valence-electron chi connectivity index (χ4n) is 1.61. The molecule has 0 amide bonds. The first kappa shape index (κ1) is 15.9. The lowest BCUT2D eigenvalue weighted by molar-refractivity contribution is -0.150. The van der Waals surface area contributed by atoms with Gasteiger partial charge in [0.25, 0.3) is 0 Å². The molecule has 0 aromatic carbocycles. The molecule has 1 aliphatic heterocycles. The molecule has 1 aliphatic rings. The van der Waals surface area contributed by atoms with Crippen molar-refractivity contribution in [2.75, 3.05) is 19.8 Å². The summed E-state index contributed by atoms with van der Waals surface area (Å²) >= 11 is 1.24. The van der Waals surface area contributed by atoms with Crippen molar-refractivity contribution in [3.05, 3.63) is 25.3 Å². The molecule has 0 spiro atoms. The van der Waals surface area contributed by atoms with Gasteiger partial charge >= 0.3 is 5.97 Å². The summed E-state index contributed by atoms with van der Waals surface area (Å²) in [6, 6.07) is 0. The van der Waals surface area contributed by atoms with Gasteiger partial charge in [-0.3, -0.25) is 9.59 Å². The summed E-state index contributed by atoms with van der Waals surface area (Å²) in [7, 11) is 0. The fourth-order valence-corrected chi connectivity index (χ4v) is 2.91.